The molecule has 25 heavy (non-hydrogen) atoms. The van der Waals surface area contributed by atoms with Gasteiger partial charge in [-0.2, -0.15) is 0 Å². The fourth-order valence-corrected chi connectivity index (χ4v) is 4.69. The van der Waals surface area contributed by atoms with Gasteiger partial charge in [-0.3, -0.25) is 8.86 Å². The van der Waals surface area contributed by atoms with Crippen LogP contribution in [-0.4, -0.2) is 19.8 Å². The number of nitrogens with zero attached hydrogens (tertiary/aromatic N) is 1. The summed E-state index contributed by atoms with van der Waals surface area (Å²) in [5.74, 6) is -1.04. The molecule has 0 spiro atoms. The Kier molecular flexibility index (Phi) is 5.10. The molecule has 0 radical (unpaired) electrons. The van der Waals surface area contributed by atoms with E-state index in [1.807, 2.05) is 19.1 Å². The molecule has 1 unspecified atom stereocenters. The van der Waals surface area contributed by atoms with E-state index in [4.69, 9.17) is 16.7 Å². The minimum absolute atomic E-state index is 0.117. The average molecular weight is 396 g/mol. The monoisotopic (exact) mass is 395 g/mol. The fraction of sp³-hybridized carbons (Fsp3) is 0.118. The molecule has 5 nitrogen and oxygen atoms in total. The Balaban J connectivity index is 2.02. The molecular formula is C17H14ClNO4S2. The summed E-state index contributed by atoms with van der Waals surface area (Å²) in [6.07, 6.45) is 0. The number of aryl methyl sites for hydroxylation is 1. The first-order valence-electron chi connectivity index (χ1n) is 7.26. The number of thiophene rings is 1. The molecule has 0 fully saturated rings. The van der Waals surface area contributed by atoms with Crippen LogP contribution in [0.3, 0.4) is 0 Å². The third-order valence-corrected chi connectivity index (χ3v) is 6.12. The Hall–Kier alpha value is -1.93. The lowest BCUT2D eigenvalue weighted by Gasteiger charge is -2.19. The van der Waals surface area contributed by atoms with E-state index in [1.54, 1.807) is 18.2 Å². The van der Waals surface area contributed by atoms with Crippen LogP contribution >= 0.6 is 22.9 Å². The van der Waals surface area contributed by atoms with E-state index >= 15 is 0 Å². The van der Waals surface area contributed by atoms with Gasteiger partial charge in [-0.15, -0.1) is 11.3 Å². The van der Waals surface area contributed by atoms with Crippen LogP contribution in [0.2, 0.25) is 5.02 Å². The van der Waals surface area contributed by atoms with Crippen LogP contribution in [0.15, 0.2) is 42.5 Å². The van der Waals surface area contributed by atoms with E-state index in [1.165, 1.54) is 27.8 Å². The van der Waals surface area contributed by atoms with Crippen molar-refractivity contribution in [2.45, 2.75) is 13.5 Å². The first-order chi connectivity index (χ1) is 11.9. The maximum Gasteiger partial charge on any atom is 0.335 e. The summed E-state index contributed by atoms with van der Waals surface area (Å²) in [5.41, 5.74) is 1.64. The number of hydrogen-bond donors (Lipinski definition) is 2. The van der Waals surface area contributed by atoms with Gasteiger partial charge in [-0.1, -0.05) is 23.7 Å². The van der Waals surface area contributed by atoms with Crippen molar-refractivity contribution < 1.29 is 18.7 Å². The molecular weight excluding hydrogens is 382 g/mol. The highest BCUT2D eigenvalue weighted by atomic mass is 35.5. The number of rotatable bonds is 5. The summed E-state index contributed by atoms with van der Waals surface area (Å²) >= 11 is 5.19. The number of carbonyl (C=O) groups is 1. The van der Waals surface area contributed by atoms with Crippen LogP contribution in [0.1, 0.15) is 21.5 Å². The normalized spacial score (nSPS) is 12.3. The lowest BCUT2D eigenvalue weighted by molar-refractivity contribution is 0.0696. The molecule has 3 aromatic rings. The average Bonchev–Trinajstić information content (AvgIpc) is 2.89. The van der Waals surface area contributed by atoms with Gasteiger partial charge in [-0.05, 0) is 53.8 Å². The zero-order valence-corrected chi connectivity index (χ0v) is 15.5. The summed E-state index contributed by atoms with van der Waals surface area (Å²) < 4.78 is 24.0. The smallest absolute Gasteiger partial charge is 0.335 e. The summed E-state index contributed by atoms with van der Waals surface area (Å²) in [5, 5.41) is 11.3. The molecule has 0 aliphatic heterocycles. The second kappa shape index (κ2) is 7.13. The van der Waals surface area contributed by atoms with Crippen molar-refractivity contribution in [3.8, 4) is 0 Å². The summed E-state index contributed by atoms with van der Waals surface area (Å²) in [4.78, 5) is 11.1. The van der Waals surface area contributed by atoms with E-state index in [0.717, 1.165) is 15.6 Å². The van der Waals surface area contributed by atoms with E-state index in [9.17, 15) is 13.6 Å². The number of fused-ring (bicyclic) bond motifs is 1. The molecule has 1 atom stereocenters. The predicted molar refractivity (Wildman–Crippen MR) is 102 cm³/mol. The second-order valence-electron chi connectivity index (χ2n) is 5.45. The van der Waals surface area contributed by atoms with E-state index in [0.29, 0.717) is 15.6 Å². The van der Waals surface area contributed by atoms with Crippen molar-refractivity contribution in [3.05, 3.63) is 64.2 Å². The number of carboxylic acid groups (broad SMARTS) is 1. The van der Waals surface area contributed by atoms with E-state index in [-0.39, 0.29) is 12.1 Å². The molecule has 1 aromatic heterocycles. The van der Waals surface area contributed by atoms with Crippen LogP contribution in [-0.2, 0) is 17.8 Å². The molecule has 3 rings (SSSR count). The number of hydrogen-bond acceptors (Lipinski definition) is 3. The molecule has 8 heteroatoms. The number of aromatic carboxylic acids is 1. The first-order valence-corrected chi connectivity index (χ1v) is 9.52. The third-order valence-electron chi connectivity index (χ3n) is 3.79. The Morgan fingerprint density at radius 2 is 2.04 bits per heavy atom. The van der Waals surface area contributed by atoms with Gasteiger partial charge in [0.2, 0.25) is 0 Å². The van der Waals surface area contributed by atoms with Gasteiger partial charge in [0.15, 0.2) is 0 Å². The third kappa shape index (κ3) is 3.69. The number of benzene rings is 2. The van der Waals surface area contributed by atoms with Crippen molar-refractivity contribution in [3.63, 3.8) is 0 Å². The van der Waals surface area contributed by atoms with Gasteiger partial charge in [0.25, 0.3) is 11.3 Å². The molecule has 0 saturated carbocycles. The van der Waals surface area contributed by atoms with Gasteiger partial charge >= 0.3 is 5.97 Å². The van der Waals surface area contributed by atoms with Crippen LogP contribution in [0.25, 0.3) is 10.1 Å². The molecule has 2 aromatic carbocycles. The molecule has 0 saturated heterocycles. The molecule has 130 valence electrons. The van der Waals surface area contributed by atoms with Gasteiger partial charge in [0, 0.05) is 9.72 Å². The molecule has 2 N–H and O–H groups in total. The molecule has 0 bridgehead atoms. The van der Waals surface area contributed by atoms with Crippen molar-refractivity contribution in [2.75, 3.05) is 4.31 Å². The Morgan fingerprint density at radius 3 is 2.72 bits per heavy atom. The van der Waals surface area contributed by atoms with Crippen molar-refractivity contribution >= 4 is 55.3 Å². The highest BCUT2D eigenvalue weighted by molar-refractivity contribution is 7.81. The quantitative estimate of drug-likeness (QED) is 0.613. The van der Waals surface area contributed by atoms with Gasteiger partial charge in [-0.25, -0.2) is 9.00 Å². The second-order valence-corrected chi connectivity index (χ2v) is 7.81. The molecule has 1 heterocycles. The van der Waals surface area contributed by atoms with Gasteiger partial charge < -0.3 is 5.11 Å². The number of carboxylic acids is 1. The van der Waals surface area contributed by atoms with Crippen molar-refractivity contribution in [1.82, 2.24) is 0 Å². The minimum Gasteiger partial charge on any atom is -0.478 e. The number of halogens is 1. The van der Waals surface area contributed by atoms with Crippen LogP contribution in [0, 0.1) is 6.92 Å². The topological polar surface area (TPSA) is 77.8 Å². The van der Waals surface area contributed by atoms with Crippen LogP contribution in [0.5, 0.6) is 0 Å². The number of anilines is 1. The minimum atomic E-state index is -2.25. The van der Waals surface area contributed by atoms with E-state index < -0.39 is 17.2 Å². The maximum atomic E-state index is 11.9. The zero-order valence-electron chi connectivity index (χ0n) is 13.1. The molecule has 0 aliphatic carbocycles. The summed E-state index contributed by atoms with van der Waals surface area (Å²) in [7, 11) is 0. The summed E-state index contributed by atoms with van der Waals surface area (Å²) in [6.45, 7) is 1.99. The maximum absolute atomic E-state index is 11.9. The van der Waals surface area contributed by atoms with Crippen molar-refractivity contribution in [1.29, 1.82) is 0 Å². The van der Waals surface area contributed by atoms with Crippen LogP contribution < -0.4 is 4.31 Å². The highest BCUT2D eigenvalue weighted by Gasteiger charge is 2.20. The zero-order chi connectivity index (χ0) is 18.1. The summed E-state index contributed by atoms with van der Waals surface area (Å²) in [6, 6.07) is 11.8. The Bertz CT molecular complexity index is 986. The SMILES string of the molecule is Cc1c(N(Cc2cccc(C(=O)O)c2)S(=O)O)sc2ccc(Cl)cc12. The standard InChI is InChI=1S/C17H14ClNO4S2/c1-10-14-8-13(18)5-6-15(14)24-16(10)19(25(22)23)9-11-3-2-4-12(7-11)17(20)21/h2-8H,9H2,1H3,(H,20,21)(H,22,23). The molecule has 0 amide bonds. The Morgan fingerprint density at radius 1 is 1.28 bits per heavy atom. The van der Waals surface area contributed by atoms with E-state index in [2.05, 4.69) is 0 Å². The van der Waals surface area contributed by atoms with Gasteiger partial charge in [0.1, 0.15) is 5.00 Å². The predicted octanol–water partition coefficient (Wildman–Crippen LogP) is 4.70. The fourth-order valence-electron chi connectivity index (χ4n) is 2.58. The van der Waals surface area contributed by atoms with Gasteiger partial charge in [0.05, 0.1) is 12.1 Å². The van der Waals surface area contributed by atoms with Crippen molar-refractivity contribution in [2.24, 2.45) is 0 Å². The molecule has 0 aliphatic rings. The highest BCUT2D eigenvalue weighted by Crippen LogP contribution is 2.39. The largest absolute Gasteiger partial charge is 0.478 e. The lowest BCUT2D eigenvalue weighted by Crippen LogP contribution is -2.24. The lowest BCUT2D eigenvalue weighted by atomic mass is 10.1. The van der Waals surface area contributed by atoms with Crippen LogP contribution in [0.4, 0.5) is 5.00 Å². The first kappa shape index (κ1) is 17.9. The Labute approximate surface area is 155 Å².